The van der Waals surface area contributed by atoms with E-state index in [-0.39, 0.29) is 0 Å². The van der Waals surface area contributed by atoms with Crippen LogP contribution in [0.5, 0.6) is 0 Å². The number of rotatable bonds is 2. The fourth-order valence-corrected chi connectivity index (χ4v) is 0.311. The Balaban J connectivity index is 3.17. The van der Waals surface area contributed by atoms with Gasteiger partial charge in [-0.15, -0.1) is 0 Å². The standard InChI is InChI=1S/C5H6.Ru/c1-3-5-4-2;/h1,3-5H,2H2;/q;+1/b5-3-;. The molecule has 0 rings (SSSR count). The third kappa shape index (κ3) is 3.97. The molecule has 0 saturated heterocycles. The van der Waals surface area contributed by atoms with Crippen LogP contribution < -0.4 is 0 Å². The summed E-state index contributed by atoms with van der Waals surface area (Å²) in [5.74, 6) is 0. The Morgan fingerprint density at radius 2 is 2.00 bits per heavy atom. The van der Waals surface area contributed by atoms with Crippen molar-refractivity contribution in [1.29, 1.82) is 0 Å². The van der Waals surface area contributed by atoms with E-state index < -0.39 is 0 Å². The van der Waals surface area contributed by atoms with E-state index in [4.69, 9.17) is 0 Å². The summed E-state index contributed by atoms with van der Waals surface area (Å²) in [6, 6.07) is 0. The second kappa shape index (κ2) is 4.97. The molecule has 0 N–H and O–H groups in total. The molecule has 0 atom stereocenters. The van der Waals surface area contributed by atoms with Crippen LogP contribution in [-0.4, -0.2) is 4.61 Å². The summed E-state index contributed by atoms with van der Waals surface area (Å²) in [5.41, 5.74) is 0. The first kappa shape index (κ1) is 5.97. The normalized spacial score (nSPS) is 8.67. The van der Waals surface area contributed by atoms with Gasteiger partial charge < -0.3 is 0 Å². The number of allylic oxidation sites excluding steroid dienone is 3. The molecule has 0 aliphatic carbocycles. The van der Waals surface area contributed by atoms with E-state index >= 15 is 0 Å². The molecule has 0 heterocycles. The summed E-state index contributed by atoms with van der Waals surface area (Å²) in [5, 5.41) is 0. The molecule has 0 aromatic rings. The summed E-state index contributed by atoms with van der Waals surface area (Å²) in [6.45, 7) is 3.48. The Labute approximate surface area is 47.8 Å². The van der Waals surface area contributed by atoms with Crippen molar-refractivity contribution >= 4 is 4.61 Å². The molecule has 1 heteroatoms. The summed E-state index contributed by atoms with van der Waals surface area (Å²) >= 11 is 2.39. The molecule has 6 heavy (non-hydrogen) atoms. The van der Waals surface area contributed by atoms with Gasteiger partial charge in [0.15, 0.2) is 0 Å². The SMILES string of the molecule is C=C/C=C\[CH]=[Ru+]. The number of hydrogen-bond acceptors (Lipinski definition) is 0. The molecule has 0 fully saturated rings. The zero-order chi connectivity index (χ0) is 4.83. The molecule has 0 saturated carbocycles. The molecule has 0 unspecified atom stereocenters. The van der Waals surface area contributed by atoms with Crippen LogP contribution in [0.15, 0.2) is 24.8 Å². The minimum atomic E-state index is 1.74. The fraction of sp³-hybridized carbons (Fsp3) is 0. The molecular formula is C5H6Ru+. The van der Waals surface area contributed by atoms with Gasteiger partial charge >= 0.3 is 47.3 Å². The predicted octanol–water partition coefficient (Wildman–Crippen LogP) is 1.08. The average Bonchev–Trinajstić information content (AvgIpc) is 1.61. The molecule has 0 spiro atoms. The predicted molar refractivity (Wildman–Crippen MR) is 25.4 cm³/mol. The molecule has 0 amide bonds. The van der Waals surface area contributed by atoms with E-state index in [9.17, 15) is 0 Å². The van der Waals surface area contributed by atoms with Crippen molar-refractivity contribution in [2.24, 2.45) is 0 Å². The topological polar surface area (TPSA) is 0 Å². The summed E-state index contributed by atoms with van der Waals surface area (Å²) < 4.78 is 1.89. The summed E-state index contributed by atoms with van der Waals surface area (Å²) in [4.78, 5) is 0. The molecule has 0 radical (unpaired) electrons. The maximum absolute atomic E-state index is 3.48. The van der Waals surface area contributed by atoms with Crippen LogP contribution in [0, 0.1) is 0 Å². The number of hydrogen-bond donors (Lipinski definition) is 0. The van der Waals surface area contributed by atoms with Crippen molar-refractivity contribution in [3.05, 3.63) is 24.8 Å². The average molecular weight is 167 g/mol. The van der Waals surface area contributed by atoms with Gasteiger partial charge in [0.05, 0.1) is 0 Å². The summed E-state index contributed by atoms with van der Waals surface area (Å²) in [7, 11) is 0. The van der Waals surface area contributed by atoms with Crippen molar-refractivity contribution in [3.8, 4) is 0 Å². The van der Waals surface area contributed by atoms with Gasteiger partial charge in [0.1, 0.15) is 0 Å². The molecular weight excluding hydrogens is 161 g/mol. The van der Waals surface area contributed by atoms with E-state index in [1.54, 1.807) is 6.08 Å². The van der Waals surface area contributed by atoms with Crippen molar-refractivity contribution in [2.45, 2.75) is 0 Å². The van der Waals surface area contributed by atoms with Gasteiger partial charge in [-0.25, -0.2) is 0 Å². The van der Waals surface area contributed by atoms with Crippen molar-refractivity contribution in [3.63, 3.8) is 0 Å². The summed E-state index contributed by atoms with van der Waals surface area (Å²) in [6.07, 6.45) is 5.52. The van der Waals surface area contributed by atoms with Crippen molar-refractivity contribution in [1.82, 2.24) is 0 Å². The first-order valence-electron chi connectivity index (χ1n) is 1.61. The zero-order valence-corrected chi connectivity index (χ0v) is 5.11. The van der Waals surface area contributed by atoms with Gasteiger partial charge in [-0.3, -0.25) is 0 Å². The first-order valence-corrected chi connectivity index (χ1v) is 2.62. The van der Waals surface area contributed by atoms with E-state index in [2.05, 4.69) is 24.4 Å². The van der Waals surface area contributed by atoms with Crippen LogP contribution in [0.25, 0.3) is 0 Å². The molecule has 0 aromatic carbocycles. The van der Waals surface area contributed by atoms with Crippen LogP contribution in [0.3, 0.4) is 0 Å². The van der Waals surface area contributed by atoms with Crippen LogP contribution >= 0.6 is 0 Å². The zero-order valence-electron chi connectivity index (χ0n) is 3.37. The van der Waals surface area contributed by atoms with Crippen LogP contribution in [0.2, 0.25) is 0 Å². The first-order chi connectivity index (χ1) is 2.91. The molecule has 0 aromatic heterocycles. The van der Waals surface area contributed by atoms with Gasteiger partial charge in [0.25, 0.3) is 0 Å². The second-order valence-electron chi connectivity index (χ2n) is 0.738. The third-order valence-electron chi connectivity index (χ3n) is 0.315. The Morgan fingerprint density at radius 3 is 2.17 bits per heavy atom. The van der Waals surface area contributed by atoms with Gasteiger partial charge in [0, 0.05) is 0 Å². The van der Waals surface area contributed by atoms with Gasteiger partial charge in [-0.2, -0.15) is 0 Å². The second-order valence-corrected chi connectivity index (χ2v) is 1.32. The maximum atomic E-state index is 3.48. The third-order valence-corrected chi connectivity index (χ3v) is 0.650. The molecule has 0 aliphatic heterocycles. The Morgan fingerprint density at radius 1 is 1.33 bits per heavy atom. The molecule has 0 aliphatic rings. The van der Waals surface area contributed by atoms with Gasteiger partial charge in [-0.05, 0) is 0 Å². The van der Waals surface area contributed by atoms with Crippen LogP contribution in [0.1, 0.15) is 0 Å². The van der Waals surface area contributed by atoms with E-state index in [0.717, 1.165) is 0 Å². The quantitative estimate of drug-likeness (QED) is 0.426. The Bertz CT molecular complexity index is 62.0. The van der Waals surface area contributed by atoms with Crippen LogP contribution in [-0.2, 0) is 17.9 Å². The van der Waals surface area contributed by atoms with Crippen molar-refractivity contribution in [2.75, 3.05) is 0 Å². The van der Waals surface area contributed by atoms with Gasteiger partial charge in [-0.1, -0.05) is 0 Å². The van der Waals surface area contributed by atoms with E-state index in [1.165, 1.54) is 0 Å². The molecule has 0 bridgehead atoms. The molecule has 33 valence electrons. The van der Waals surface area contributed by atoms with E-state index in [1.807, 2.05) is 16.8 Å². The van der Waals surface area contributed by atoms with Crippen LogP contribution in [0.4, 0.5) is 0 Å². The van der Waals surface area contributed by atoms with Crippen molar-refractivity contribution < 1.29 is 17.9 Å². The minimum absolute atomic E-state index is 1.74. The monoisotopic (exact) mass is 168 g/mol. The fourth-order valence-electron chi connectivity index (χ4n) is 0.118. The molecule has 0 nitrogen and oxygen atoms in total. The Hall–Kier alpha value is -0.0266. The van der Waals surface area contributed by atoms with E-state index in [0.29, 0.717) is 0 Å². The van der Waals surface area contributed by atoms with Gasteiger partial charge in [0.2, 0.25) is 0 Å². The Kier molecular flexibility index (Phi) is 4.95.